The van der Waals surface area contributed by atoms with E-state index in [1.807, 2.05) is 12.3 Å². The van der Waals surface area contributed by atoms with Crippen molar-refractivity contribution in [2.24, 2.45) is 27.7 Å². The minimum atomic E-state index is -0.292. The van der Waals surface area contributed by atoms with E-state index in [0.29, 0.717) is 17.8 Å². The van der Waals surface area contributed by atoms with E-state index in [2.05, 4.69) is 127 Å². The number of allylic oxidation sites excluding steroid dienone is 7. The predicted octanol–water partition coefficient (Wildman–Crippen LogP) is 8.78. The van der Waals surface area contributed by atoms with Gasteiger partial charge in [0.1, 0.15) is 11.7 Å². The zero-order chi connectivity index (χ0) is 28.6. The minimum Gasteiger partial charge on any atom is -0.328 e. The van der Waals surface area contributed by atoms with E-state index in [1.54, 1.807) is 0 Å². The summed E-state index contributed by atoms with van der Waals surface area (Å²) in [6, 6.07) is 25.9. The van der Waals surface area contributed by atoms with E-state index in [4.69, 9.17) is 15.0 Å². The number of hydrogen-bond acceptors (Lipinski definition) is 4. The third kappa shape index (κ3) is 5.08. The van der Waals surface area contributed by atoms with E-state index in [-0.39, 0.29) is 12.1 Å². The van der Waals surface area contributed by atoms with Crippen LogP contribution in [0.2, 0.25) is 0 Å². The van der Waals surface area contributed by atoms with Crippen LogP contribution in [0.5, 0.6) is 0 Å². The summed E-state index contributed by atoms with van der Waals surface area (Å²) < 4.78 is 0. The van der Waals surface area contributed by atoms with Crippen molar-refractivity contribution >= 4 is 33.3 Å². The summed E-state index contributed by atoms with van der Waals surface area (Å²) in [5, 5.41) is 7.37. The molecule has 43 heavy (non-hydrogen) atoms. The second-order valence-corrected chi connectivity index (χ2v) is 12.0. The average Bonchev–Trinajstić information content (AvgIpc) is 3.34. The van der Waals surface area contributed by atoms with Crippen LogP contribution < -0.4 is 5.32 Å². The monoisotopic (exact) mass is 558 g/mol. The van der Waals surface area contributed by atoms with Gasteiger partial charge in [-0.1, -0.05) is 115 Å². The van der Waals surface area contributed by atoms with Crippen LogP contribution in [0.15, 0.2) is 149 Å². The van der Waals surface area contributed by atoms with Gasteiger partial charge in [-0.15, -0.1) is 0 Å². The fraction of sp³-hybridized carbons (Fsp3) is 0.205. The Morgan fingerprint density at radius 3 is 2.53 bits per heavy atom. The Labute approximate surface area is 252 Å². The first kappa shape index (κ1) is 25.8. The largest absolute Gasteiger partial charge is 0.328 e. The summed E-state index contributed by atoms with van der Waals surface area (Å²) in [4.78, 5) is 15.2. The highest BCUT2D eigenvalue weighted by Gasteiger charge is 2.28. The molecule has 4 nitrogen and oxygen atoms in total. The van der Waals surface area contributed by atoms with Crippen LogP contribution in [0.1, 0.15) is 42.5 Å². The normalized spacial score (nSPS) is 26.3. The standard InChI is InChI=1S/C39H34N4/c1-3-10-31-24-33(21-17-26(31)8-1)38-41-37(42-39(43-38)34-22-18-27-9-2-4-11-32(27)25-34)30-14-5-12-28(19-20-30)35-16-6-13-29-15-7-23-40-36(29)35/h1-11,13-18,21-26,28,30-31,39H,12,19-20H2,(H,41,42,43). The molecule has 3 aliphatic carbocycles. The van der Waals surface area contributed by atoms with Gasteiger partial charge in [-0.2, -0.15) is 0 Å². The van der Waals surface area contributed by atoms with E-state index in [1.165, 1.54) is 21.7 Å². The molecule has 8 rings (SSSR count). The number of pyridine rings is 1. The van der Waals surface area contributed by atoms with E-state index < -0.39 is 0 Å². The Kier molecular flexibility index (Phi) is 6.68. The van der Waals surface area contributed by atoms with Gasteiger partial charge in [-0.25, -0.2) is 9.98 Å². The van der Waals surface area contributed by atoms with Crippen molar-refractivity contribution in [3.8, 4) is 0 Å². The summed E-state index contributed by atoms with van der Waals surface area (Å²) >= 11 is 0. The lowest BCUT2D eigenvalue weighted by Gasteiger charge is -2.29. The lowest BCUT2D eigenvalue weighted by atomic mass is 9.82. The molecule has 0 radical (unpaired) electrons. The number of fused-ring (bicyclic) bond motifs is 3. The second kappa shape index (κ2) is 11.1. The number of nitrogens with one attached hydrogen (secondary N) is 1. The first-order valence-corrected chi connectivity index (χ1v) is 15.5. The molecular formula is C39H34N4. The molecule has 3 aromatic carbocycles. The molecule has 1 aromatic heterocycles. The Balaban J connectivity index is 1.12. The van der Waals surface area contributed by atoms with E-state index >= 15 is 0 Å². The van der Waals surface area contributed by atoms with Crippen LogP contribution in [0.25, 0.3) is 21.7 Å². The molecule has 0 amide bonds. The smallest absolute Gasteiger partial charge is 0.169 e. The average molecular weight is 559 g/mol. The molecule has 1 N–H and O–H groups in total. The lowest BCUT2D eigenvalue weighted by molar-refractivity contribution is 0.583. The fourth-order valence-corrected chi connectivity index (χ4v) is 6.93. The van der Waals surface area contributed by atoms with Gasteiger partial charge < -0.3 is 5.32 Å². The molecule has 4 heteroatoms. The highest BCUT2D eigenvalue weighted by Crippen LogP contribution is 2.36. The van der Waals surface area contributed by atoms with Crippen molar-refractivity contribution in [1.29, 1.82) is 0 Å². The number of aromatic nitrogens is 1. The minimum absolute atomic E-state index is 0.194. The zero-order valence-electron chi connectivity index (χ0n) is 24.1. The topological polar surface area (TPSA) is 49.6 Å². The summed E-state index contributed by atoms with van der Waals surface area (Å²) in [6.07, 6.45) is 25.1. The summed E-state index contributed by atoms with van der Waals surface area (Å²) in [7, 11) is 0. The molecule has 4 aromatic rings. The zero-order valence-corrected chi connectivity index (χ0v) is 24.1. The van der Waals surface area contributed by atoms with Gasteiger partial charge in [0.2, 0.25) is 0 Å². The van der Waals surface area contributed by atoms with Crippen molar-refractivity contribution in [3.05, 3.63) is 150 Å². The molecule has 4 aliphatic rings. The predicted molar refractivity (Wildman–Crippen MR) is 178 cm³/mol. The number of hydrogen-bond donors (Lipinski definition) is 1. The summed E-state index contributed by atoms with van der Waals surface area (Å²) in [5.41, 5.74) is 4.73. The molecule has 210 valence electrons. The van der Waals surface area contributed by atoms with Crippen molar-refractivity contribution < 1.29 is 0 Å². The molecule has 5 atom stereocenters. The lowest BCUT2D eigenvalue weighted by Crippen LogP contribution is -2.40. The van der Waals surface area contributed by atoms with Crippen molar-refractivity contribution in [2.75, 3.05) is 0 Å². The highest BCUT2D eigenvalue weighted by atomic mass is 15.2. The molecule has 2 heterocycles. The quantitative estimate of drug-likeness (QED) is 0.255. The maximum absolute atomic E-state index is 5.28. The number of benzene rings is 3. The van der Waals surface area contributed by atoms with Gasteiger partial charge in [0.25, 0.3) is 0 Å². The fourth-order valence-electron chi connectivity index (χ4n) is 6.93. The number of aliphatic imine (C=N–C) groups is 2. The van der Waals surface area contributed by atoms with Crippen molar-refractivity contribution in [2.45, 2.75) is 31.3 Å². The molecule has 0 spiro atoms. The van der Waals surface area contributed by atoms with Gasteiger partial charge >= 0.3 is 0 Å². The number of para-hydroxylation sites is 1. The third-order valence-corrected chi connectivity index (χ3v) is 9.27. The van der Waals surface area contributed by atoms with Gasteiger partial charge in [-0.05, 0) is 59.2 Å². The Bertz CT molecular complexity index is 1910. The maximum Gasteiger partial charge on any atom is 0.169 e. The SMILES string of the molecule is C1=CC2C=CC(C3=NC(c4ccc5ccccc5c4)N=C(C4C=CCC(c5cccc6cccnc56)CC4)N3)=CC2C=C1. The number of rotatable bonds is 4. The highest BCUT2D eigenvalue weighted by molar-refractivity contribution is 6.12. The Morgan fingerprint density at radius 2 is 1.58 bits per heavy atom. The summed E-state index contributed by atoms with van der Waals surface area (Å²) in [6.45, 7) is 0. The van der Waals surface area contributed by atoms with Crippen LogP contribution in [0, 0.1) is 17.8 Å². The van der Waals surface area contributed by atoms with E-state index in [0.717, 1.165) is 47.6 Å². The molecular weight excluding hydrogens is 524 g/mol. The molecule has 0 bridgehead atoms. The van der Waals surface area contributed by atoms with Crippen LogP contribution in [-0.4, -0.2) is 16.7 Å². The molecule has 0 fully saturated rings. The molecule has 0 saturated carbocycles. The van der Waals surface area contributed by atoms with Gasteiger partial charge in [0, 0.05) is 34.9 Å². The first-order valence-electron chi connectivity index (χ1n) is 15.5. The second-order valence-electron chi connectivity index (χ2n) is 12.0. The molecule has 1 aliphatic heterocycles. The molecule has 5 unspecified atom stereocenters. The maximum atomic E-state index is 5.28. The van der Waals surface area contributed by atoms with Crippen LogP contribution in [0.4, 0.5) is 0 Å². The van der Waals surface area contributed by atoms with Crippen LogP contribution >= 0.6 is 0 Å². The Morgan fingerprint density at radius 1 is 0.721 bits per heavy atom. The summed E-state index contributed by atoms with van der Waals surface area (Å²) in [5.74, 6) is 3.30. The first-order chi connectivity index (χ1) is 21.3. The van der Waals surface area contributed by atoms with Crippen LogP contribution in [0.3, 0.4) is 0 Å². The van der Waals surface area contributed by atoms with Crippen LogP contribution in [-0.2, 0) is 0 Å². The van der Waals surface area contributed by atoms with Gasteiger partial charge in [0.05, 0.1) is 5.52 Å². The Hall–Kier alpha value is -4.83. The van der Waals surface area contributed by atoms with Crippen molar-refractivity contribution in [1.82, 2.24) is 10.3 Å². The number of nitrogens with zero attached hydrogens (tertiary/aromatic N) is 3. The van der Waals surface area contributed by atoms with Gasteiger partial charge in [-0.3, -0.25) is 4.98 Å². The number of amidine groups is 2. The van der Waals surface area contributed by atoms with Crippen molar-refractivity contribution in [3.63, 3.8) is 0 Å². The molecule has 0 saturated heterocycles. The third-order valence-electron chi connectivity index (χ3n) is 9.27. The van der Waals surface area contributed by atoms with E-state index in [9.17, 15) is 0 Å². The van der Waals surface area contributed by atoms with Gasteiger partial charge in [0.15, 0.2) is 6.17 Å².